The number of pyridine rings is 1. The topological polar surface area (TPSA) is 55.9 Å². The van der Waals surface area contributed by atoms with Crippen LogP contribution in [0.25, 0.3) is 10.9 Å². The van der Waals surface area contributed by atoms with Crippen molar-refractivity contribution in [2.45, 2.75) is 45.4 Å². The van der Waals surface area contributed by atoms with Gasteiger partial charge in [-0.1, -0.05) is 39.3 Å². The van der Waals surface area contributed by atoms with Crippen LogP contribution in [0.1, 0.15) is 45.6 Å². The van der Waals surface area contributed by atoms with Crippen molar-refractivity contribution in [3.63, 3.8) is 0 Å². The summed E-state index contributed by atoms with van der Waals surface area (Å²) in [6, 6.07) is 22.3. The second-order valence-corrected chi connectivity index (χ2v) is 11.2. The molecule has 2 heterocycles. The average molecular weight is 526 g/mol. The maximum atomic E-state index is 6.28. The molecule has 5 rings (SSSR count). The average Bonchev–Trinajstić information content (AvgIpc) is 2.94. The van der Waals surface area contributed by atoms with E-state index in [0.29, 0.717) is 18.1 Å². The summed E-state index contributed by atoms with van der Waals surface area (Å²) in [5.41, 5.74) is 4.31. The predicted octanol–water partition coefficient (Wildman–Crippen LogP) is 7.94. The first-order chi connectivity index (χ1) is 18.9. The molecule has 1 fully saturated rings. The van der Waals surface area contributed by atoms with Crippen molar-refractivity contribution in [3.8, 4) is 23.0 Å². The van der Waals surface area contributed by atoms with E-state index in [1.807, 2.05) is 42.5 Å². The summed E-state index contributed by atoms with van der Waals surface area (Å²) in [5.74, 6) is 2.85. The molecule has 0 amide bonds. The van der Waals surface area contributed by atoms with Crippen LogP contribution in [0.2, 0.25) is 0 Å². The molecule has 1 aliphatic heterocycles. The van der Waals surface area contributed by atoms with E-state index < -0.39 is 0 Å². The number of anilines is 2. The molecule has 0 saturated carbocycles. The Labute approximate surface area is 231 Å². The van der Waals surface area contributed by atoms with Gasteiger partial charge in [0.2, 0.25) is 0 Å². The van der Waals surface area contributed by atoms with Crippen LogP contribution in [0, 0.1) is 0 Å². The first-order valence-electron chi connectivity index (χ1n) is 13.9. The minimum atomic E-state index is 0.139. The van der Waals surface area contributed by atoms with Crippen molar-refractivity contribution in [1.29, 1.82) is 0 Å². The fourth-order valence-corrected chi connectivity index (χ4v) is 4.91. The molecule has 204 valence electrons. The Morgan fingerprint density at radius 2 is 1.51 bits per heavy atom. The molecule has 6 nitrogen and oxygen atoms in total. The van der Waals surface area contributed by atoms with Crippen molar-refractivity contribution in [1.82, 2.24) is 9.88 Å². The number of likely N-dealkylation sites (tertiary alicyclic amines) is 1. The second-order valence-electron chi connectivity index (χ2n) is 11.2. The van der Waals surface area contributed by atoms with Crippen LogP contribution in [-0.2, 0) is 5.41 Å². The number of aromatic nitrogens is 1. The van der Waals surface area contributed by atoms with Crippen molar-refractivity contribution < 1.29 is 14.2 Å². The van der Waals surface area contributed by atoms with Gasteiger partial charge in [-0.15, -0.1) is 0 Å². The fraction of sp³-hybridized carbons (Fsp3) is 0.364. The molecule has 4 aromatic rings. The number of hydrogen-bond donors (Lipinski definition) is 1. The quantitative estimate of drug-likeness (QED) is 0.239. The molecule has 1 aromatic heterocycles. The van der Waals surface area contributed by atoms with E-state index in [4.69, 9.17) is 14.2 Å². The highest BCUT2D eigenvalue weighted by Gasteiger charge is 2.15. The standard InChI is InChI=1S/C33H39N3O3/c1-33(2,3)24-8-10-25(11-9-24)35-26-12-14-27(15-13-26)39-30-16-17-34-29-23-32(31(37-4)22-28(29)30)38-21-20-36-18-6-5-7-19-36/h8-17,22-23,35H,5-7,18-21H2,1-4H3. The lowest BCUT2D eigenvalue weighted by Crippen LogP contribution is -2.33. The van der Waals surface area contributed by atoms with E-state index >= 15 is 0 Å². The third-order valence-corrected chi connectivity index (χ3v) is 7.22. The van der Waals surface area contributed by atoms with E-state index in [0.717, 1.165) is 53.4 Å². The molecule has 0 spiro atoms. The van der Waals surface area contributed by atoms with Gasteiger partial charge in [0.05, 0.1) is 12.6 Å². The number of benzene rings is 3. The summed E-state index contributed by atoms with van der Waals surface area (Å²) in [7, 11) is 1.66. The minimum Gasteiger partial charge on any atom is -0.493 e. The Bertz CT molecular complexity index is 1370. The lowest BCUT2D eigenvalue weighted by atomic mass is 9.87. The molecule has 1 N–H and O–H groups in total. The normalized spacial score (nSPS) is 14.3. The maximum absolute atomic E-state index is 6.28. The van der Waals surface area contributed by atoms with Gasteiger partial charge in [0.1, 0.15) is 18.1 Å². The van der Waals surface area contributed by atoms with Gasteiger partial charge in [0, 0.05) is 35.6 Å². The highest BCUT2D eigenvalue weighted by atomic mass is 16.5. The monoisotopic (exact) mass is 525 g/mol. The van der Waals surface area contributed by atoms with Gasteiger partial charge in [-0.3, -0.25) is 9.88 Å². The smallest absolute Gasteiger partial charge is 0.163 e. The molecule has 39 heavy (non-hydrogen) atoms. The Kier molecular flexibility index (Phi) is 8.22. The van der Waals surface area contributed by atoms with Gasteiger partial charge in [0.15, 0.2) is 11.5 Å². The lowest BCUT2D eigenvalue weighted by Gasteiger charge is -2.26. The summed E-state index contributed by atoms with van der Waals surface area (Å²) in [6.45, 7) is 10.5. The molecular formula is C33H39N3O3. The fourth-order valence-electron chi connectivity index (χ4n) is 4.91. The highest BCUT2D eigenvalue weighted by molar-refractivity contribution is 5.88. The van der Waals surface area contributed by atoms with Crippen molar-refractivity contribution in [2.75, 3.05) is 38.7 Å². The summed E-state index contributed by atoms with van der Waals surface area (Å²) in [6.07, 6.45) is 5.64. The van der Waals surface area contributed by atoms with Gasteiger partial charge in [-0.2, -0.15) is 0 Å². The molecule has 0 unspecified atom stereocenters. The minimum absolute atomic E-state index is 0.139. The summed E-state index contributed by atoms with van der Waals surface area (Å²) >= 11 is 0. The largest absolute Gasteiger partial charge is 0.493 e. The zero-order valence-corrected chi connectivity index (χ0v) is 23.5. The molecule has 0 bridgehead atoms. The van der Waals surface area contributed by atoms with Crippen LogP contribution in [0.15, 0.2) is 72.9 Å². The summed E-state index contributed by atoms with van der Waals surface area (Å²) < 4.78 is 18.1. The Hall–Kier alpha value is -3.77. The van der Waals surface area contributed by atoms with Crippen LogP contribution in [-0.4, -0.2) is 43.2 Å². The van der Waals surface area contributed by atoms with Crippen LogP contribution in [0.5, 0.6) is 23.0 Å². The SMILES string of the molecule is COc1cc2c(Oc3ccc(Nc4ccc(C(C)(C)C)cc4)cc3)ccnc2cc1OCCN1CCCCC1. The van der Waals surface area contributed by atoms with Crippen molar-refractivity contribution in [2.24, 2.45) is 0 Å². The van der Waals surface area contributed by atoms with E-state index in [-0.39, 0.29) is 5.41 Å². The number of nitrogens with zero attached hydrogens (tertiary/aromatic N) is 2. The second kappa shape index (κ2) is 12.0. The number of methoxy groups -OCH3 is 1. The zero-order valence-electron chi connectivity index (χ0n) is 23.5. The first-order valence-corrected chi connectivity index (χ1v) is 13.9. The van der Waals surface area contributed by atoms with E-state index in [9.17, 15) is 0 Å². The van der Waals surface area contributed by atoms with E-state index in [1.165, 1.54) is 24.8 Å². The van der Waals surface area contributed by atoms with Gasteiger partial charge in [0.25, 0.3) is 0 Å². The number of fused-ring (bicyclic) bond motifs is 1. The van der Waals surface area contributed by atoms with Crippen molar-refractivity contribution in [3.05, 3.63) is 78.5 Å². The number of nitrogens with one attached hydrogen (secondary N) is 1. The predicted molar refractivity (Wildman–Crippen MR) is 159 cm³/mol. The van der Waals surface area contributed by atoms with Gasteiger partial charge in [-0.25, -0.2) is 0 Å². The Morgan fingerprint density at radius 1 is 0.821 bits per heavy atom. The molecule has 0 radical (unpaired) electrons. The summed E-state index contributed by atoms with van der Waals surface area (Å²) in [4.78, 5) is 7.03. The zero-order chi connectivity index (χ0) is 27.2. The molecule has 1 saturated heterocycles. The van der Waals surface area contributed by atoms with E-state index in [1.54, 1.807) is 13.3 Å². The molecular weight excluding hydrogens is 486 g/mol. The van der Waals surface area contributed by atoms with Crippen LogP contribution in [0.3, 0.4) is 0 Å². The number of ether oxygens (including phenoxy) is 3. The number of hydrogen-bond acceptors (Lipinski definition) is 6. The molecule has 0 atom stereocenters. The van der Waals surface area contributed by atoms with Crippen LogP contribution in [0.4, 0.5) is 11.4 Å². The molecule has 1 aliphatic rings. The first kappa shape index (κ1) is 26.8. The van der Waals surface area contributed by atoms with Gasteiger partial charge < -0.3 is 19.5 Å². The Balaban J connectivity index is 1.26. The molecule has 6 heteroatoms. The highest BCUT2D eigenvalue weighted by Crippen LogP contribution is 2.37. The third-order valence-electron chi connectivity index (χ3n) is 7.22. The Morgan fingerprint density at radius 3 is 2.18 bits per heavy atom. The number of piperidine rings is 1. The van der Waals surface area contributed by atoms with Crippen LogP contribution >= 0.6 is 0 Å². The maximum Gasteiger partial charge on any atom is 0.163 e. The molecule has 0 aliphatic carbocycles. The molecule has 3 aromatic carbocycles. The van der Waals surface area contributed by atoms with Crippen molar-refractivity contribution >= 4 is 22.3 Å². The van der Waals surface area contributed by atoms with E-state index in [2.05, 4.69) is 60.2 Å². The third kappa shape index (κ3) is 6.82. The van der Waals surface area contributed by atoms with Gasteiger partial charge in [-0.05, 0) is 85.4 Å². The van der Waals surface area contributed by atoms with Gasteiger partial charge >= 0.3 is 0 Å². The lowest BCUT2D eigenvalue weighted by molar-refractivity contribution is 0.181. The number of rotatable bonds is 9. The van der Waals surface area contributed by atoms with Crippen LogP contribution < -0.4 is 19.5 Å². The summed E-state index contributed by atoms with van der Waals surface area (Å²) in [5, 5.41) is 4.34.